The zero-order valence-corrected chi connectivity index (χ0v) is 22.5. The highest BCUT2D eigenvalue weighted by atomic mass is 35.5. The summed E-state index contributed by atoms with van der Waals surface area (Å²) >= 11 is 7.79. The van der Waals surface area contributed by atoms with Gasteiger partial charge in [-0.05, 0) is 55.4 Å². The second kappa shape index (κ2) is 12.5. The van der Waals surface area contributed by atoms with E-state index in [1.165, 1.54) is 56.4 Å². The average molecular weight is 525 g/mol. The number of hydrogen-bond acceptors (Lipinski definition) is 5. The summed E-state index contributed by atoms with van der Waals surface area (Å²) in [5.41, 5.74) is 3.92. The van der Waals surface area contributed by atoms with Crippen molar-refractivity contribution in [1.82, 2.24) is 20.1 Å². The highest BCUT2D eigenvalue weighted by molar-refractivity contribution is 7.99. The molecule has 4 rings (SSSR count). The number of halogens is 1. The van der Waals surface area contributed by atoms with Crippen molar-refractivity contribution in [2.45, 2.75) is 69.9 Å². The van der Waals surface area contributed by atoms with Gasteiger partial charge >= 0.3 is 0 Å². The Morgan fingerprint density at radius 3 is 2.53 bits per heavy atom. The van der Waals surface area contributed by atoms with Crippen LogP contribution >= 0.6 is 23.4 Å². The molecule has 1 saturated carbocycles. The average Bonchev–Trinajstić information content (AvgIpc) is 3.30. The summed E-state index contributed by atoms with van der Waals surface area (Å²) in [5, 5.41) is 12.9. The van der Waals surface area contributed by atoms with Crippen LogP contribution in [0, 0.1) is 6.92 Å². The fourth-order valence-electron chi connectivity index (χ4n) is 4.64. The highest BCUT2D eigenvalue weighted by Gasteiger charge is 2.19. The summed E-state index contributed by atoms with van der Waals surface area (Å²) in [6.07, 6.45) is 7.78. The zero-order chi connectivity index (χ0) is 25.5. The molecule has 1 N–H and O–H groups in total. The number of nitrogens with one attached hydrogen (secondary N) is 1. The molecule has 0 unspecified atom stereocenters. The van der Waals surface area contributed by atoms with Crippen LogP contribution in [0.4, 0.5) is 0 Å². The van der Waals surface area contributed by atoms with Crippen LogP contribution < -0.4 is 5.32 Å². The van der Waals surface area contributed by atoms with Crippen LogP contribution in [0.15, 0.2) is 47.6 Å². The van der Waals surface area contributed by atoms with Crippen LogP contribution in [0.25, 0.3) is 5.69 Å². The monoisotopic (exact) mass is 524 g/mol. The molecule has 36 heavy (non-hydrogen) atoms. The standard InChI is InChI=1S/C28H33ClN4O2S/c1-19-10-15-24(17-25(19)29)33-27(9-6-16-30-20(2)34)31-32-28(33)36-18-26(35)23-13-11-22(12-14-23)21-7-4-3-5-8-21/h10-15,17,21H,3-9,16,18H2,1-2H3,(H,30,34). The van der Waals surface area contributed by atoms with Crippen LogP contribution in [0.2, 0.25) is 5.02 Å². The van der Waals surface area contributed by atoms with Crippen LogP contribution in [0.3, 0.4) is 0 Å². The first-order chi connectivity index (χ1) is 17.4. The molecule has 1 heterocycles. The lowest BCUT2D eigenvalue weighted by atomic mass is 9.84. The molecule has 6 nitrogen and oxygen atoms in total. The van der Waals surface area contributed by atoms with Crippen LogP contribution in [0.1, 0.15) is 78.7 Å². The van der Waals surface area contributed by atoms with E-state index >= 15 is 0 Å². The fraction of sp³-hybridized carbons (Fsp3) is 0.429. The smallest absolute Gasteiger partial charge is 0.216 e. The SMILES string of the molecule is CC(=O)NCCCc1nnc(SCC(=O)c2ccc(C3CCCCC3)cc2)n1-c1ccc(C)c(Cl)c1. The molecule has 1 amide bonds. The van der Waals surface area contributed by atoms with Gasteiger partial charge in [-0.1, -0.05) is 73.0 Å². The lowest BCUT2D eigenvalue weighted by molar-refractivity contribution is -0.118. The molecular formula is C28H33ClN4O2S. The minimum atomic E-state index is -0.0525. The maximum Gasteiger partial charge on any atom is 0.216 e. The summed E-state index contributed by atoms with van der Waals surface area (Å²) in [7, 11) is 0. The highest BCUT2D eigenvalue weighted by Crippen LogP contribution is 2.33. The molecule has 0 radical (unpaired) electrons. The van der Waals surface area contributed by atoms with E-state index in [1.54, 1.807) is 0 Å². The molecule has 1 aliphatic carbocycles. The van der Waals surface area contributed by atoms with Gasteiger partial charge in [0.15, 0.2) is 10.9 Å². The predicted octanol–water partition coefficient (Wildman–Crippen LogP) is 6.32. The van der Waals surface area contributed by atoms with E-state index in [0.717, 1.165) is 29.1 Å². The Morgan fingerprint density at radius 2 is 1.83 bits per heavy atom. The van der Waals surface area contributed by atoms with E-state index in [4.69, 9.17) is 11.6 Å². The van der Waals surface area contributed by atoms with Gasteiger partial charge in [-0.2, -0.15) is 0 Å². The summed E-state index contributed by atoms with van der Waals surface area (Å²) in [6, 6.07) is 14.0. The summed E-state index contributed by atoms with van der Waals surface area (Å²) < 4.78 is 1.96. The number of Topliss-reactive ketones (excluding diaryl/α,β-unsaturated/α-hetero) is 1. The van der Waals surface area contributed by atoms with Crippen molar-refractivity contribution < 1.29 is 9.59 Å². The van der Waals surface area contributed by atoms with Gasteiger partial charge in [0, 0.05) is 30.5 Å². The molecule has 190 valence electrons. The Labute approximate surface area is 222 Å². The molecule has 0 bridgehead atoms. The summed E-state index contributed by atoms with van der Waals surface area (Å²) in [6.45, 7) is 4.03. The largest absolute Gasteiger partial charge is 0.356 e. The number of aryl methyl sites for hydroxylation is 2. The molecule has 0 aliphatic heterocycles. The number of ketones is 1. The quantitative estimate of drug-likeness (QED) is 0.191. The molecule has 1 aliphatic rings. The normalized spacial score (nSPS) is 14.1. The van der Waals surface area contributed by atoms with Crippen LogP contribution in [-0.2, 0) is 11.2 Å². The van der Waals surface area contributed by atoms with Crippen molar-refractivity contribution in [3.8, 4) is 5.69 Å². The third-order valence-corrected chi connectivity index (χ3v) is 8.04. The molecule has 0 saturated heterocycles. The predicted molar refractivity (Wildman–Crippen MR) is 145 cm³/mol. The first-order valence-corrected chi connectivity index (χ1v) is 14.0. The molecule has 1 fully saturated rings. The number of rotatable bonds is 10. The molecular weight excluding hydrogens is 492 g/mol. The lowest BCUT2D eigenvalue weighted by Crippen LogP contribution is -2.21. The number of carbonyl (C=O) groups is 2. The van der Waals surface area contributed by atoms with Gasteiger partial charge in [0.1, 0.15) is 5.82 Å². The Balaban J connectivity index is 1.47. The maximum atomic E-state index is 13.0. The first-order valence-electron chi connectivity index (χ1n) is 12.6. The zero-order valence-electron chi connectivity index (χ0n) is 20.9. The molecule has 1 aromatic heterocycles. The van der Waals surface area contributed by atoms with Crippen molar-refractivity contribution in [2.24, 2.45) is 0 Å². The number of carbonyl (C=O) groups excluding carboxylic acids is 2. The topological polar surface area (TPSA) is 76.9 Å². The van der Waals surface area contributed by atoms with Gasteiger partial charge in [0.2, 0.25) is 5.91 Å². The van der Waals surface area contributed by atoms with Crippen molar-refractivity contribution in [2.75, 3.05) is 12.3 Å². The number of nitrogens with zero attached hydrogens (tertiary/aromatic N) is 3. The van der Waals surface area contributed by atoms with E-state index in [-0.39, 0.29) is 17.4 Å². The van der Waals surface area contributed by atoms with Crippen LogP contribution in [0.5, 0.6) is 0 Å². The van der Waals surface area contributed by atoms with Gasteiger partial charge in [-0.3, -0.25) is 14.2 Å². The molecule has 0 atom stereocenters. The number of amides is 1. The van der Waals surface area contributed by atoms with Gasteiger partial charge in [-0.25, -0.2) is 0 Å². The van der Waals surface area contributed by atoms with Crippen molar-refractivity contribution in [3.05, 3.63) is 70.0 Å². The van der Waals surface area contributed by atoms with Gasteiger partial charge in [0.05, 0.1) is 11.4 Å². The number of hydrogen-bond donors (Lipinski definition) is 1. The Kier molecular flexibility index (Phi) is 9.21. The third kappa shape index (κ3) is 6.77. The summed E-state index contributed by atoms with van der Waals surface area (Å²) in [5.74, 6) is 1.68. The minimum absolute atomic E-state index is 0.0525. The minimum Gasteiger partial charge on any atom is -0.356 e. The van der Waals surface area contributed by atoms with E-state index < -0.39 is 0 Å². The number of benzene rings is 2. The molecule has 3 aromatic rings. The Hall–Kier alpha value is -2.64. The van der Waals surface area contributed by atoms with E-state index in [1.807, 2.05) is 41.8 Å². The van der Waals surface area contributed by atoms with Gasteiger partial charge in [-0.15, -0.1) is 10.2 Å². The van der Waals surface area contributed by atoms with E-state index in [2.05, 4.69) is 27.6 Å². The third-order valence-electron chi connectivity index (χ3n) is 6.71. The second-order valence-corrected chi connectivity index (χ2v) is 10.8. The van der Waals surface area contributed by atoms with Gasteiger partial charge < -0.3 is 5.32 Å². The van der Waals surface area contributed by atoms with Crippen molar-refractivity contribution >= 4 is 35.1 Å². The summed E-state index contributed by atoms with van der Waals surface area (Å²) in [4.78, 5) is 24.2. The second-order valence-electron chi connectivity index (χ2n) is 9.42. The fourth-order valence-corrected chi connectivity index (χ4v) is 5.68. The maximum absolute atomic E-state index is 13.0. The van der Waals surface area contributed by atoms with Crippen molar-refractivity contribution in [3.63, 3.8) is 0 Å². The molecule has 8 heteroatoms. The number of thioether (sulfide) groups is 1. The van der Waals surface area contributed by atoms with Crippen molar-refractivity contribution in [1.29, 1.82) is 0 Å². The lowest BCUT2D eigenvalue weighted by Gasteiger charge is -2.22. The Morgan fingerprint density at radius 1 is 1.08 bits per heavy atom. The molecule has 2 aromatic carbocycles. The first kappa shape index (κ1) is 26.4. The van der Waals surface area contributed by atoms with Crippen LogP contribution in [-0.4, -0.2) is 38.8 Å². The van der Waals surface area contributed by atoms with E-state index in [0.29, 0.717) is 29.1 Å². The van der Waals surface area contributed by atoms with E-state index in [9.17, 15) is 9.59 Å². The number of aromatic nitrogens is 3. The van der Waals surface area contributed by atoms with Gasteiger partial charge in [0.25, 0.3) is 0 Å². The Bertz CT molecular complexity index is 1200. The molecule has 0 spiro atoms.